The summed E-state index contributed by atoms with van der Waals surface area (Å²) in [5, 5.41) is 0. The first-order valence-corrected chi connectivity index (χ1v) is 7.15. The minimum absolute atomic E-state index is 0.520. The zero-order valence-corrected chi connectivity index (χ0v) is 13.0. The maximum absolute atomic E-state index is 6.05. The number of rotatable bonds is 7. The first-order chi connectivity index (χ1) is 8.60. The molecule has 0 spiro atoms. The van der Waals surface area contributed by atoms with Crippen LogP contribution in [-0.2, 0) is 11.3 Å². The molecule has 1 rings (SSSR count). The van der Waals surface area contributed by atoms with Gasteiger partial charge in [0.05, 0.1) is 6.61 Å². The van der Waals surface area contributed by atoms with Crippen molar-refractivity contribution in [3.63, 3.8) is 0 Å². The van der Waals surface area contributed by atoms with Gasteiger partial charge in [0, 0.05) is 42.0 Å². The maximum atomic E-state index is 6.05. The van der Waals surface area contributed by atoms with E-state index in [1.54, 1.807) is 7.11 Å². The fraction of sp³-hybridized carbons (Fsp3) is 0.571. The lowest BCUT2D eigenvalue weighted by atomic mass is 10.1. The highest BCUT2D eigenvalue weighted by Crippen LogP contribution is 2.25. The first kappa shape index (κ1) is 15.5. The minimum Gasteiger partial charge on any atom is -0.398 e. The summed E-state index contributed by atoms with van der Waals surface area (Å²) in [4.78, 5) is 2.40. The summed E-state index contributed by atoms with van der Waals surface area (Å²) in [7, 11) is 1.74. The highest BCUT2D eigenvalue weighted by molar-refractivity contribution is 9.10. The first-order valence-electron chi connectivity index (χ1n) is 6.36. The van der Waals surface area contributed by atoms with Gasteiger partial charge >= 0.3 is 0 Å². The predicted molar refractivity (Wildman–Crippen MR) is 80.6 cm³/mol. The smallest absolute Gasteiger partial charge is 0.0589 e. The van der Waals surface area contributed by atoms with E-state index in [1.165, 1.54) is 0 Å². The molecule has 18 heavy (non-hydrogen) atoms. The predicted octanol–water partition coefficient (Wildman–Crippen LogP) is 3.28. The summed E-state index contributed by atoms with van der Waals surface area (Å²) in [5.41, 5.74) is 8.06. The Bertz CT molecular complexity index is 351. The Morgan fingerprint density at radius 2 is 2.17 bits per heavy atom. The Balaban J connectivity index is 2.81. The lowest BCUT2D eigenvalue weighted by Gasteiger charge is -2.29. The number of halogens is 1. The lowest BCUT2D eigenvalue weighted by Crippen LogP contribution is -2.35. The fourth-order valence-electron chi connectivity index (χ4n) is 1.87. The van der Waals surface area contributed by atoms with Gasteiger partial charge in [0.2, 0.25) is 0 Å². The molecular weight excluding hydrogens is 292 g/mol. The van der Waals surface area contributed by atoms with E-state index in [1.807, 2.05) is 18.2 Å². The van der Waals surface area contributed by atoms with E-state index in [0.29, 0.717) is 6.04 Å². The zero-order chi connectivity index (χ0) is 13.5. The molecule has 1 aromatic rings. The van der Waals surface area contributed by atoms with Gasteiger partial charge in [0.25, 0.3) is 0 Å². The van der Waals surface area contributed by atoms with Crippen LogP contribution in [0.1, 0.15) is 25.8 Å². The highest BCUT2D eigenvalue weighted by atomic mass is 79.9. The van der Waals surface area contributed by atoms with E-state index < -0.39 is 0 Å². The molecule has 0 saturated carbocycles. The second kappa shape index (κ2) is 7.77. The van der Waals surface area contributed by atoms with Crippen LogP contribution in [0.2, 0.25) is 0 Å². The third-order valence-corrected chi connectivity index (χ3v) is 4.06. The van der Waals surface area contributed by atoms with Crippen LogP contribution in [0.25, 0.3) is 0 Å². The molecule has 1 unspecified atom stereocenters. The number of hydrogen-bond acceptors (Lipinski definition) is 3. The molecule has 102 valence electrons. The van der Waals surface area contributed by atoms with Gasteiger partial charge in [0.1, 0.15) is 0 Å². The SMILES string of the molecule is CCC(C)N(CCOC)Cc1c(N)cccc1Br. The monoisotopic (exact) mass is 314 g/mol. The van der Waals surface area contributed by atoms with Gasteiger partial charge < -0.3 is 10.5 Å². The van der Waals surface area contributed by atoms with E-state index in [2.05, 4.69) is 34.7 Å². The van der Waals surface area contributed by atoms with Crippen molar-refractivity contribution in [3.8, 4) is 0 Å². The average Bonchev–Trinajstić information content (AvgIpc) is 2.36. The van der Waals surface area contributed by atoms with Crippen molar-refractivity contribution in [1.82, 2.24) is 4.90 Å². The van der Waals surface area contributed by atoms with Crippen LogP contribution in [-0.4, -0.2) is 31.2 Å². The number of benzene rings is 1. The fourth-order valence-corrected chi connectivity index (χ4v) is 2.37. The number of anilines is 1. The number of methoxy groups -OCH3 is 1. The molecular formula is C14H23BrN2O. The van der Waals surface area contributed by atoms with Crippen molar-refractivity contribution in [2.45, 2.75) is 32.9 Å². The summed E-state index contributed by atoms with van der Waals surface area (Å²) >= 11 is 3.58. The topological polar surface area (TPSA) is 38.5 Å². The van der Waals surface area contributed by atoms with Crippen molar-refractivity contribution < 1.29 is 4.74 Å². The second-order valence-electron chi connectivity index (χ2n) is 4.53. The standard InChI is InChI=1S/C14H23BrN2O/c1-4-11(2)17(8-9-18-3)10-12-13(15)6-5-7-14(12)16/h5-7,11H,4,8-10,16H2,1-3H3. The van der Waals surface area contributed by atoms with Crippen molar-refractivity contribution >= 4 is 21.6 Å². The van der Waals surface area contributed by atoms with Crippen molar-refractivity contribution in [2.24, 2.45) is 0 Å². The van der Waals surface area contributed by atoms with E-state index in [4.69, 9.17) is 10.5 Å². The summed E-state index contributed by atoms with van der Waals surface area (Å²) in [6.07, 6.45) is 1.12. The number of nitrogen functional groups attached to an aromatic ring is 1. The second-order valence-corrected chi connectivity index (χ2v) is 5.38. The summed E-state index contributed by atoms with van der Waals surface area (Å²) < 4.78 is 6.26. The Hall–Kier alpha value is -0.580. The molecule has 0 radical (unpaired) electrons. The van der Waals surface area contributed by atoms with Gasteiger partial charge in [-0.1, -0.05) is 28.9 Å². The van der Waals surface area contributed by atoms with Crippen LogP contribution >= 0.6 is 15.9 Å². The maximum Gasteiger partial charge on any atom is 0.0589 e. The normalized spacial score (nSPS) is 12.9. The van der Waals surface area contributed by atoms with Crippen molar-refractivity contribution in [3.05, 3.63) is 28.2 Å². The van der Waals surface area contributed by atoms with Crippen LogP contribution in [0.5, 0.6) is 0 Å². The van der Waals surface area contributed by atoms with Gasteiger partial charge in [0.15, 0.2) is 0 Å². The highest BCUT2D eigenvalue weighted by Gasteiger charge is 2.15. The lowest BCUT2D eigenvalue weighted by molar-refractivity contribution is 0.118. The molecule has 1 aromatic carbocycles. The van der Waals surface area contributed by atoms with Crippen LogP contribution in [0.4, 0.5) is 5.69 Å². The number of nitrogens with two attached hydrogens (primary N) is 1. The molecule has 1 atom stereocenters. The molecule has 0 aromatic heterocycles. The van der Waals surface area contributed by atoms with Gasteiger partial charge in [-0.25, -0.2) is 0 Å². The molecule has 0 bridgehead atoms. The number of ether oxygens (including phenoxy) is 1. The Labute approximate surface area is 118 Å². The molecule has 4 heteroatoms. The van der Waals surface area contributed by atoms with E-state index in [9.17, 15) is 0 Å². The summed E-state index contributed by atoms with van der Waals surface area (Å²) in [6.45, 7) is 6.96. The average molecular weight is 315 g/mol. The van der Waals surface area contributed by atoms with Crippen LogP contribution in [0, 0.1) is 0 Å². The summed E-state index contributed by atoms with van der Waals surface area (Å²) in [5.74, 6) is 0. The Kier molecular flexibility index (Phi) is 6.68. The van der Waals surface area contributed by atoms with Crippen molar-refractivity contribution in [1.29, 1.82) is 0 Å². The number of hydrogen-bond donors (Lipinski definition) is 1. The Morgan fingerprint density at radius 3 is 2.72 bits per heavy atom. The number of nitrogens with zero attached hydrogens (tertiary/aromatic N) is 1. The molecule has 0 saturated heterocycles. The van der Waals surface area contributed by atoms with Gasteiger partial charge in [-0.2, -0.15) is 0 Å². The zero-order valence-electron chi connectivity index (χ0n) is 11.4. The Morgan fingerprint density at radius 1 is 1.44 bits per heavy atom. The molecule has 0 amide bonds. The van der Waals surface area contributed by atoms with Crippen LogP contribution in [0.15, 0.2) is 22.7 Å². The van der Waals surface area contributed by atoms with Gasteiger partial charge in [-0.15, -0.1) is 0 Å². The third-order valence-electron chi connectivity index (χ3n) is 3.31. The quantitative estimate of drug-likeness (QED) is 0.785. The molecule has 0 fully saturated rings. The minimum atomic E-state index is 0.520. The van der Waals surface area contributed by atoms with E-state index in [-0.39, 0.29) is 0 Å². The largest absolute Gasteiger partial charge is 0.398 e. The molecule has 0 aliphatic rings. The molecule has 0 heterocycles. The molecule has 3 nitrogen and oxygen atoms in total. The van der Waals surface area contributed by atoms with Gasteiger partial charge in [-0.3, -0.25) is 4.90 Å². The molecule has 2 N–H and O–H groups in total. The van der Waals surface area contributed by atoms with E-state index in [0.717, 1.165) is 41.8 Å². The van der Waals surface area contributed by atoms with E-state index >= 15 is 0 Å². The van der Waals surface area contributed by atoms with Crippen LogP contribution in [0.3, 0.4) is 0 Å². The molecule has 0 aliphatic heterocycles. The van der Waals surface area contributed by atoms with Crippen molar-refractivity contribution in [2.75, 3.05) is 26.0 Å². The third kappa shape index (κ3) is 4.26. The summed E-state index contributed by atoms with van der Waals surface area (Å²) in [6, 6.07) is 6.47. The molecule has 0 aliphatic carbocycles. The van der Waals surface area contributed by atoms with Gasteiger partial charge in [-0.05, 0) is 25.5 Å². The van der Waals surface area contributed by atoms with Crippen LogP contribution < -0.4 is 5.73 Å².